The molecule has 0 aliphatic heterocycles. The predicted octanol–water partition coefficient (Wildman–Crippen LogP) is 4.01. The molecule has 0 radical (unpaired) electrons. The molecule has 0 saturated carbocycles. The molecule has 0 fully saturated rings. The number of carbonyl (C=O) groups excluding carboxylic acids is 1. The van der Waals surface area contributed by atoms with E-state index in [0.717, 1.165) is 19.4 Å². The Morgan fingerprint density at radius 1 is 1.20 bits per heavy atom. The molecule has 1 N–H and O–H groups in total. The van der Waals surface area contributed by atoms with Crippen molar-refractivity contribution in [1.82, 2.24) is 5.32 Å². The van der Waals surface area contributed by atoms with Crippen LogP contribution >= 0.6 is 11.8 Å². The van der Waals surface area contributed by atoms with Gasteiger partial charge >= 0.3 is 5.97 Å². The first-order valence-corrected chi connectivity index (χ1v) is 8.95. The van der Waals surface area contributed by atoms with Gasteiger partial charge in [0.15, 0.2) is 0 Å². The van der Waals surface area contributed by atoms with E-state index in [4.69, 9.17) is 4.74 Å². The smallest absolute Gasteiger partial charge is 0.316 e. The van der Waals surface area contributed by atoms with E-state index in [9.17, 15) is 4.79 Å². The molecule has 0 rings (SSSR count). The Morgan fingerprint density at radius 2 is 1.85 bits per heavy atom. The molecule has 3 nitrogen and oxygen atoms in total. The zero-order chi connectivity index (χ0) is 15.6. The Hall–Kier alpha value is -0.220. The summed E-state index contributed by atoms with van der Waals surface area (Å²) < 4.78 is 5.37. The van der Waals surface area contributed by atoms with Crippen molar-refractivity contribution in [2.45, 2.75) is 84.1 Å². The fourth-order valence-electron chi connectivity index (χ4n) is 2.12. The van der Waals surface area contributed by atoms with Crippen molar-refractivity contribution >= 4 is 17.7 Å². The molecule has 0 bridgehead atoms. The number of thioether (sulfide) groups is 1. The Labute approximate surface area is 129 Å². The van der Waals surface area contributed by atoms with Crippen LogP contribution in [-0.4, -0.2) is 35.2 Å². The second kappa shape index (κ2) is 10.5. The van der Waals surface area contributed by atoms with Crippen LogP contribution in [0.2, 0.25) is 0 Å². The van der Waals surface area contributed by atoms with Gasteiger partial charge in [-0.3, -0.25) is 4.79 Å². The van der Waals surface area contributed by atoms with Gasteiger partial charge < -0.3 is 10.1 Å². The molecular formula is C16H33NO2S. The van der Waals surface area contributed by atoms with Crippen LogP contribution in [0, 0.1) is 0 Å². The normalized spacial score (nSPS) is 14.9. The van der Waals surface area contributed by atoms with Crippen LogP contribution in [-0.2, 0) is 9.53 Å². The highest BCUT2D eigenvalue weighted by Crippen LogP contribution is 2.22. The molecule has 2 unspecified atom stereocenters. The van der Waals surface area contributed by atoms with Gasteiger partial charge in [-0.15, -0.1) is 11.8 Å². The summed E-state index contributed by atoms with van der Waals surface area (Å²) in [6.45, 7) is 13.4. The quantitative estimate of drug-likeness (QED) is 0.619. The number of carbonyl (C=O) groups is 1. The third-order valence-corrected chi connectivity index (χ3v) is 4.44. The van der Waals surface area contributed by atoms with Crippen molar-refractivity contribution in [3.8, 4) is 0 Å². The lowest BCUT2D eigenvalue weighted by Crippen LogP contribution is -2.39. The lowest BCUT2D eigenvalue weighted by Gasteiger charge is -2.27. The molecule has 0 spiro atoms. The van der Waals surface area contributed by atoms with Gasteiger partial charge in [-0.2, -0.15) is 0 Å². The van der Waals surface area contributed by atoms with Gasteiger partial charge in [0.2, 0.25) is 0 Å². The minimum Gasteiger partial charge on any atom is -0.459 e. The molecule has 0 aliphatic rings. The maximum Gasteiger partial charge on any atom is 0.316 e. The van der Waals surface area contributed by atoms with Crippen LogP contribution in [0.15, 0.2) is 0 Å². The summed E-state index contributed by atoms with van der Waals surface area (Å²) in [5, 5.41) is 4.10. The lowest BCUT2D eigenvalue weighted by molar-refractivity contribution is -0.151. The summed E-state index contributed by atoms with van der Waals surface area (Å²) in [7, 11) is 0. The molecule has 0 aromatic carbocycles. The molecule has 2 atom stereocenters. The minimum absolute atomic E-state index is 0.105. The minimum atomic E-state index is -0.386. The summed E-state index contributed by atoms with van der Waals surface area (Å²) in [4.78, 5) is 11.8. The second-order valence-electron chi connectivity index (χ2n) is 6.19. The molecular weight excluding hydrogens is 270 g/mol. The Bertz CT molecular complexity index is 264. The van der Waals surface area contributed by atoms with E-state index in [2.05, 4.69) is 26.1 Å². The molecule has 0 aliphatic carbocycles. The Morgan fingerprint density at radius 3 is 2.30 bits per heavy atom. The van der Waals surface area contributed by atoms with Gasteiger partial charge in [0.05, 0.1) is 5.75 Å². The van der Waals surface area contributed by atoms with Gasteiger partial charge in [0, 0.05) is 11.3 Å². The molecule has 0 heterocycles. The highest BCUT2D eigenvalue weighted by molar-refractivity contribution is 8.00. The fraction of sp³-hybridized carbons (Fsp3) is 0.938. The molecule has 120 valence electrons. The fourth-order valence-corrected chi connectivity index (χ4v) is 3.23. The van der Waals surface area contributed by atoms with Crippen molar-refractivity contribution < 1.29 is 9.53 Å². The number of nitrogens with one attached hydrogen (secondary N) is 1. The predicted molar refractivity (Wildman–Crippen MR) is 89.4 cm³/mol. The van der Waals surface area contributed by atoms with Gasteiger partial charge in [0.1, 0.15) is 5.60 Å². The van der Waals surface area contributed by atoms with Crippen LogP contribution in [0.3, 0.4) is 0 Å². The summed E-state index contributed by atoms with van der Waals surface area (Å²) in [6, 6.07) is 0.498. The van der Waals surface area contributed by atoms with Crippen LogP contribution in [0.1, 0.15) is 67.2 Å². The van der Waals surface area contributed by atoms with E-state index in [1.165, 1.54) is 12.8 Å². The molecule has 20 heavy (non-hydrogen) atoms. The van der Waals surface area contributed by atoms with Crippen molar-refractivity contribution in [1.29, 1.82) is 0 Å². The number of hydrogen-bond donors (Lipinski definition) is 1. The SMILES string of the molecule is CCCNC(CCC)C(CC)SCC(=O)OC(C)(C)C. The maximum atomic E-state index is 11.8. The van der Waals surface area contributed by atoms with Gasteiger partial charge in [-0.05, 0) is 46.6 Å². The first-order chi connectivity index (χ1) is 9.34. The number of ether oxygens (including phenoxy) is 1. The number of esters is 1. The van der Waals surface area contributed by atoms with Crippen LogP contribution < -0.4 is 5.32 Å². The third kappa shape index (κ3) is 9.65. The first kappa shape index (κ1) is 19.8. The summed E-state index contributed by atoms with van der Waals surface area (Å²) in [5.41, 5.74) is -0.386. The van der Waals surface area contributed by atoms with E-state index in [-0.39, 0.29) is 11.6 Å². The highest BCUT2D eigenvalue weighted by atomic mass is 32.2. The number of hydrogen-bond acceptors (Lipinski definition) is 4. The summed E-state index contributed by atoms with van der Waals surface area (Å²) >= 11 is 1.73. The van der Waals surface area contributed by atoms with Crippen LogP contribution in [0.25, 0.3) is 0 Å². The second-order valence-corrected chi connectivity index (χ2v) is 7.42. The maximum absolute atomic E-state index is 11.8. The third-order valence-electron chi connectivity index (χ3n) is 2.94. The van der Waals surface area contributed by atoms with Crippen molar-refractivity contribution in [3.05, 3.63) is 0 Å². The van der Waals surface area contributed by atoms with E-state index >= 15 is 0 Å². The molecule has 0 aromatic rings. The Kier molecular flexibility index (Phi) is 10.4. The van der Waals surface area contributed by atoms with E-state index in [1.807, 2.05) is 20.8 Å². The lowest BCUT2D eigenvalue weighted by atomic mass is 10.1. The van der Waals surface area contributed by atoms with E-state index in [0.29, 0.717) is 17.0 Å². The van der Waals surface area contributed by atoms with E-state index < -0.39 is 0 Å². The monoisotopic (exact) mass is 303 g/mol. The summed E-state index contributed by atoms with van der Waals surface area (Å²) in [6.07, 6.45) is 4.56. The average Bonchev–Trinajstić information content (AvgIpc) is 2.34. The zero-order valence-electron chi connectivity index (χ0n) is 14.1. The van der Waals surface area contributed by atoms with Crippen LogP contribution in [0.5, 0.6) is 0 Å². The highest BCUT2D eigenvalue weighted by Gasteiger charge is 2.22. The van der Waals surface area contributed by atoms with Crippen LogP contribution in [0.4, 0.5) is 0 Å². The van der Waals surface area contributed by atoms with Gasteiger partial charge in [-0.25, -0.2) is 0 Å². The van der Waals surface area contributed by atoms with E-state index in [1.54, 1.807) is 11.8 Å². The average molecular weight is 304 g/mol. The standard InChI is InChI=1S/C16H33NO2S/c1-7-10-13(17-11-8-2)14(9-3)20-12-15(18)19-16(4,5)6/h13-14,17H,7-12H2,1-6H3. The zero-order valence-corrected chi connectivity index (χ0v) is 14.9. The molecule has 0 aromatic heterocycles. The molecule has 4 heteroatoms. The largest absolute Gasteiger partial charge is 0.459 e. The van der Waals surface area contributed by atoms with Gasteiger partial charge in [-0.1, -0.05) is 27.2 Å². The van der Waals surface area contributed by atoms with Crippen molar-refractivity contribution in [3.63, 3.8) is 0 Å². The molecule has 0 saturated heterocycles. The molecule has 0 amide bonds. The Balaban J connectivity index is 4.31. The topological polar surface area (TPSA) is 38.3 Å². The summed E-state index contributed by atoms with van der Waals surface area (Å²) in [5.74, 6) is 0.343. The first-order valence-electron chi connectivity index (χ1n) is 7.90. The number of rotatable bonds is 10. The van der Waals surface area contributed by atoms with Crippen molar-refractivity contribution in [2.75, 3.05) is 12.3 Å². The van der Waals surface area contributed by atoms with Crippen molar-refractivity contribution in [2.24, 2.45) is 0 Å². The van der Waals surface area contributed by atoms with Gasteiger partial charge in [0.25, 0.3) is 0 Å².